The molecule has 0 atom stereocenters. The molecule has 25 heavy (non-hydrogen) atoms. The Kier molecular flexibility index (Phi) is 3.96. The van der Waals surface area contributed by atoms with Gasteiger partial charge in [-0.3, -0.25) is 0 Å². The molecular formula is C17H12BrFN4O2. The zero-order valence-corrected chi connectivity index (χ0v) is 14.4. The van der Waals surface area contributed by atoms with Crippen molar-refractivity contribution in [3.63, 3.8) is 0 Å². The topological polar surface area (TPSA) is 87.8 Å². The molecule has 0 aliphatic carbocycles. The number of halogens is 2. The summed E-state index contributed by atoms with van der Waals surface area (Å²) >= 11 is 3.30. The minimum atomic E-state index is -0.422. The van der Waals surface area contributed by atoms with Gasteiger partial charge in [0, 0.05) is 5.39 Å². The number of aromatic nitrogens is 4. The van der Waals surface area contributed by atoms with Gasteiger partial charge >= 0.3 is 0 Å². The van der Waals surface area contributed by atoms with Gasteiger partial charge in [0.05, 0.1) is 4.47 Å². The van der Waals surface area contributed by atoms with E-state index in [0.717, 1.165) is 17.5 Å². The number of hydrogen-bond acceptors (Lipinski definition) is 5. The number of nitrogens with one attached hydrogen (secondary N) is 1. The number of phenolic OH excluding ortho intramolecular Hbond substituents is 1. The third-order valence-corrected chi connectivity index (χ3v) is 4.55. The molecule has 0 saturated carbocycles. The highest BCUT2D eigenvalue weighted by Gasteiger charge is 2.14. The van der Waals surface area contributed by atoms with Crippen LogP contribution in [0.15, 0.2) is 45.3 Å². The van der Waals surface area contributed by atoms with Gasteiger partial charge < -0.3 is 9.52 Å². The van der Waals surface area contributed by atoms with E-state index in [1.54, 1.807) is 12.1 Å². The van der Waals surface area contributed by atoms with Crippen LogP contribution in [-0.2, 0) is 12.8 Å². The molecule has 0 radical (unpaired) electrons. The van der Waals surface area contributed by atoms with E-state index in [-0.39, 0.29) is 17.2 Å². The Bertz CT molecular complexity index is 1050. The highest BCUT2D eigenvalue weighted by Crippen LogP contribution is 2.29. The van der Waals surface area contributed by atoms with Crippen molar-refractivity contribution in [2.24, 2.45) is 0 Å². The first kappa shape index (κ1) is 15.8. The quantitative estimate of drug-likeness (QED) is 0.538. The van der Waals surface area contributed by atoms with Crippen molar-refractivity contribution in [3.05, 3.63) is 57.8 Å². The molecule has 0 bridgehead atoms. The van der Waals surface area contributed by atoms with Gasteiger partial charge in [0.15, 0.2) is 17.2 Å². The van der Waals surface area contributed by atoms with Crippen LogP contribution in [0.4, 0.5) is 4.39 Å². The van der Waals surface area contributed by atoms with Crippen molar-refractivity contribution in [1.82, 2.24) is 20.6 Å². The number of fused-ring (bicyclic) bond motifs is 1. The van der Waals surface area contributed by atoms with E-state index >= 15 is 0 Å². The molecule has 6 nitrogen and oxygen atoms in total. The second-order valence-electron chi connectivity index (χ2n) is 5.63. The second kappa shape index (κ2) is 6.29. The average Bonchev–Trinajstić information content (AvgIpc) is 3.25. The monoisotopic (exact) mass is 402 g/mol. The number of tetrazole rings is 1. The van der Waals surface area contributed by atoms with Crippen LogP contribution < -0.4 is 0 Å². The van der Waals surface area contributed by atoms with Gasteiger partial charge in [0.25, 0.3) is 0 Å². The van der Waals surface area contributed by atoms with Crippen LogP contribution in [0.3, 0.4) is 0 Å². The Balaban J connectivity index is 1.60. The summed E-state index contributed by atoms with van der Waals surface area (Å²) in [6, 6.07) is 10.4. The van der Waals surface area contributed by atoms with E-state index < -0.39 is 5.82 Å². The SMILES string of the molecule is Oc1ccc(CCc2cc(F)c3oc(-c4nn[nH]n4)cc3c2)cc1Br. The third kappa shape index (κ3) is 3.12. The van der Waals surface area contributed by atoms with Crippen molar-refractivity contribution in [3.8, 4) is 17.3 Å². The van der Waals surface area contributed by atoms with E-state index in [1.165, 1.54) is 6.07 Å². The Morgan fingerprint density at radius 3 is 2.72 bits per heavy atom. The number of aryl methyl sites for hydroxylation is 2. The fourth-order valence-corrected chi connectivity index (χ4v) is 3.11. The summed E-state index contributed by atoms with van der Waals surface area (Å²) in [7, 11) is 0. The standard InChI is InChI=1S/C17H12BrFN4O2/c18-12-6-9(3-4-14(12)24)1-2-10-5-11-8-15(17-20-22-23-21-17)25-16(11)13(19)7-10/h3-8,24H,1-2H2,(H,20,21,22,23). The van der Waals surface area contributed by atoms with Gasteiger partial charge in [-0.25, -0.2) is 4.39 Å². The average molecular weight is 403 g/mol. The van der Waals surface area contributed by atoms with Gasteiger partial charge in [-0.1, -0.05) is 6.07 Å². The van der Waals surface area contributed by atoms with E-state index in [0.29, 0.717) is 22.0 Å². The largest absolute Gasteiger partial charge is 0.507 e. The van der Waals surface area contributed by atoms with Crippen LogP contribution in [0.25, 0.3) is 22.6 Å². The highest BCUT2D eigenvalue weighted by molar-refractivity contribution is 9.10. The minimum absolute atomic E-state index is 0.177. The number of H-pyrrole nitrogens is 1. The van der Waals surface area contributed by atoms with E-state index in [9.17, 15) is 9.50 Å². The lowest BCUT2D eigenvalue weighted by Gasteiger charge is -2.05. The van der Waals surface area contributed by atoms with E-state index in [1.807, 2.05) is 18.2 Å². The van der Waals surface area contributed by atoms with E-state index in [4.69, 9.17) is 4.42 Å². The lowest BCUT2D eigenvalue weighted by atomic mass is 10.0. The number of aromatic hydroxyl groups is 1. The number of rotatable bonds is 4. The van der Waals surface area contributed by atoms with Crippen molar-refractivity contribution < 1.29 is 13.9 Å². The van der Waals surface area contributed by atoms with E-state index in [2.05, 4.69) is 36.6 Å². The van der Waals surface area contributed by atoms with Gasteiger partial charge in [-0.15, -0.1) is 10.2 Å². The maximum absolute atomic E-state index is 14.3. The van der Waals surface area contributed by atoms with Crippen molar-refractivity contribution in [2.75, 3.05) is 0 Å². The normalized spacial score (nSPS) is 11.3. The number of nitrogens with zero attached hydrogens (tertiary/aromatic N) is 3. The number of furan rings is 1. The second-order valence-corrected chi connectivity index (χ2v) is 6.48. The summed E-state index contributed by atoms with van der Waals surface area (Å²) < 4.78 is 20.5. The lowest BCUT2D eigenvalue weighted by Crippen LogP contribution is -1.92. The molecule has 4 aromatic rings. The molecule has 2 aromatic heterocycles. The molecule has 0 aliphatic heterocycles. The molecule has 126 valence electrons. The van der Waals surface area contributed by atoms with Gasteiger partial charge in [-0.05, 0) is 75.4 Å². The van der Waals surface area contributed by atoms with Crippen LogP contribution in [0, 0.1) is 5.82 Å². The lowest BCUT2D eigenvalue weighted by molar-refractivity contribution is 0.471. The first-order chi connectivity index (χ1) is 12.1. The van der Waals surface area contributed by atoms with Crippen LogP contribution in [0.1, 0.15) is 11.1 Å². The van der Waals surface area contributed by atoms with Crippen LogP contribution in [0.2, 0.25) is 0 Å². The maximum atomic E-state index is 14.3. The molecule has 0 fully saturated rings. The van der Waals surface area contributed by atoms with Gasteiger partial charge in [-0.2, -0.15) is 5.21 Å². The summed E-state index contributed by atoms with van der Waals surface area (Å²) in [5.74, 6) is 0.422. The van der Waals surface area contributed by atoms with Crippen molar-refractivity contribution in [1.29, 1.82) is 0 Å². The van der Waals surface area contributed by atoms with Crippen LogP contribution in [0.5, 0.6) is 5.75 Å². The maximum Gasteiger partial charge on any atom is 0.239 e. The summed E-state index contributed by atoms with van der Waals surface area (Å²) in [6.45, 7) is 0. The van der Waals surface area contributed by atoms with Crippen LogP contribution in [-0.4, -0.2) is 25.7 Å². The predicted molar refractivity (Wildman–Crippen MR) is 92.6 cm³/mol. The summed E-state index contributed by atoms with van der Waals surface area (Å²) in [5, 5.41) is 23.7. The molecule has 2 N–H and O–H groups in total. The number of benzene rings is 2. The Hall–Kier alpha value is -2.74. The fraction of sp³-hybridized carbons (Fsp3) is 0.118. The van der Waals surface area contributed by atoms with Crippen molar-refractivity contribution in [2.45, 2.75) is 12.8 Å². The molecule has 0 aliphatic rings. The number of phenols is 1. The first-order valence-electron chi connectivity index (χ1n) is 7.53. The summed E-state index contributed by atoms with van der Waals surface area (Å²) in [4.78, 5) is 0. The minimum Gasteiger partial charge on any atom is -0.507 e. The van der Waals surface area contributed by atoms with Crippen molar-refractivity contribution >= 4 is 26.9 Å². The molecule has 0 saturated heterocycles. The zero-order valence-electron chi connectivity index (χ0n) is 12.8. The Labute approximate surface area is 149 Å². The number of aromatic amines is 1. The third-order valence-electron chi connectivity index (χ3n) is 3.91. The molecule has 8 heteroatoms. The smallest absolute Gasteiger partial charge is 0.239 e. The molecular weight excluding hydrogens is 391 g/mol. The summed E-state index contributed by atoms with van der Waals surface area (Å²) in [5.41, 5.74) is 2.08. The van der Waals surface area contributed by atoms with Crippen LogP contribution >= 0.6 is 15.9 Å². The molecule has 0 amide bonds. The molecule has 0 spiro atoms. The predicted octanol–water partition coefficient (Wildman–Crippen LogP) is 4.01. The first-order valence-corrected chi connectivity index (χ1v) is 8.32. The zero-order chi connectivity index (χ0) is 17.4. The Morgan fingerprint density at radius 2 is 1.96 bits per heavy atom. The molecule has 2 heterocycles. The number of hydrogen-bond donors (Lipinski definition) is 2. The Morgan fingerprint density at radius 1 is 1.12 bits per heavy atom. The fourth-order valence-electron chi connectivity index (χ4n) is 2.68. The van der Waals surface area contributed by atoms with Gasteiger partial charge in [0.1, 0.15) is 5.75 Å². The summed E-state index contributed by atoms with van der Waals surface area (Å²) in [6.07, 6.45) is 1.38. The molecule has 0 unspecified atom stereocenters. The highest BCUT2D eigenvalue weighted by atomic mass is 79.9. The molecule has 2 aromatic carbocycles. The van der Waals surface area contributed by atoms with Gasteiger partial charge in [0.2, 0.25) is 5.82 Å². The molecule has 4 rings (SSSR count).